The number of hydrogen-bond acceptors (Lipinski definition) is 2. The number of thiophene rings is 1. The molecule has 0 unspecified atom stereocenters. The third-order valence-corrected chi connectivity index (χ3v) is 4.78. The van der Waals surface area contributed by atoms with E-state index in [0.29, 0.717) is 0 Å². The van der Waals surface area contributed by atoms with Crippen molar-refractivity contribution in [1.82, 2.24) is 0 Å². The zero-order valence-corrected chi connectivity index (χ0v) is 12.7. The summed E-state index contributed by atoms with van der Waals surface area (Å²) in [5.74, 6) is 0. The minimum absolute atomic E-state index is 0.861. The van der Waals surface area contributed by atoms with Crippen molar-refractivity contribution in [3.8, 4) is 0 Å². The second-order valence-electron chi connectivity index (χ2n) is 3.53. The molecule has 0 atom stereocenters. The van der Waals surface area contributed by atoms with Gasteiger partial charge in [0.1, 0.15) is 0 Å². The van der Waals surface area contributed by atoms with Gasteiger partial charge in [0.15, 0.2) is 0 Å². The van der Waals surface area contributed by atoms with E-state index in [2.05, 4.69) is 67.7 Å². The van der Waals surface area contributed by atoms with Gasteiger partial charge in [-0.3, -0.25) is 0 Å². The van der Waals surface area contributed by atoms with E-state index in [4.69, 9.17) is 0 Å². The summed E-state index contributed by atoms with van der Waals surface area (Å²) < 4.78 is 2.32. The molecule has 0 saturated carbocycles. The third-order valence-electron chi connectivity index (χ3n) is 2.37. The largest absolute Gasteiger partial charge is 0.381 e. The molecule has 1 aromatic heterocycles. The average molecular weight is 361 g/mol. The lowest BCUT2D eigenvalue weighted by atomic mass is 10.2. The Morgan fingerprint density at radius 1 is 1.31 bits per heavy atom. The van der Waals surface area contributed by atoms with Crippen LogP contribution in [0.4, 0.5) is 5.69 Å². The fourth-order valence-corrected chi connectivity index (χ4v) is 3.01. The van der Waals surface area contributed by atoms with Crippen molar-refractivity contribution in [2.24, 2.45) is 0 Å². The predicted octanol–water partition coefficient (Wildman–Crippen LogP) is 5.19. The highest BCUT2D eigenvalue weighted by atomic mass is 79.9. The Labute approximate surface area is 116 Å². The zero-order valence-electron chi connectivity index (χ0n) is 8.76. The molecule has 0 spiro atoms. The van der Waals surface area contributed by atoms with Crippen LogP contribution in [0.1, 0.15) is 11.1 Å². The fourth-order valence-electron chi connectivity index (χ4n) is 1.43. The number of anilines is 1. The molecule has 4 heteroatoms. The van der Waals surface area contributed by atoms with Gasteiger partial charge in [0.25, 0.3) is 0 Å². The smallest absolute Gasteiger partial charge is 0.0701 e. The van der Waals surface area contributed by atoms with E-state index in [1.807, 2.05) is 6.07 Å². The Morgan fingerprint density at radius 3 is 2.81 bits per heavy atom. The van der Waals surface area contributed by atoms with E-state index in [9.17, 15) is 0 Å². The van der Waals surface area contributed by atoms with Gasteiger partial charge in [0, 0.05) is 16.7 Å². The lowest BCUT2D eigenvalue weighted by Gasteiger charge is -2.09. The highest BCUT2D eigenvalue weighted by Gasteiger charge is 2.02. The minimum atomic E-state index is 0.861. The molecule has 84 valence electrons. The zero-order chi connectivity index (χ0) is 11.5. The third kappa shape index (κ3) is 2.87. The van der Waals surface area contributed by atoms with Gasteiger partial charge in [-0.1, -0.05) is 22.0 Å². The first-order valence-electron chi connectivity index (χ1n) is 4.88. The van der Waals surface area contributed by atoms with E-state index in [1.165, 1.54) is 20.6 Å². The van der Waals surface area contributed by atoms with E-state index < -0.39 is 0 Å². The molecule has 2 rings (SSSR count). The van der Waals surface area contributed by atoms with Gasteiger partial charge in [-0.15, -0.1) is 11.3 Å². The summed E-state index contributed by atoms with van der Waals surface area (Å²) in [4.78, 5) is 0. The number of halogens is 2. The number of nitrogens with one attached hydrogen (secondary N) is 1. The summed E-state index contributed by atoms with van der Waals surface area (Å²) in [6.45, 7) is 2.97. The molecule has 1 N–H and O–H groups in total. The van der Waals surface area contributed by atoms with Crippen molar-refractivity contribution < 1.29 is 0 Å². The Bertz CT molecular complexity index is 494. The van der Waals surface area contributed by atoms with Crippen molar-refractivity contribution in [3.05, 3.63) is 49.0 Å². The topological polar surface area (TPSA) is 12.0 Å². The molecule has 0 fully saturated rings. The number of hydrogen-bond donors (Lipinski definition) is 1. The molecule has 0 aliphatic carbocycles. The SMILES string of the molecule is Cc1c(Br)cccc1NCc1csc(Br)c1. The second kappa shape index (κ2) is 5.34. The normalized spacial score (nSPS) is 10.4. The standard InChI is InChI=1S/C12H11Br2NS/c1-8-10(13)3-2-4-11(8)15-6-9-5-12(14)16-7-9/h2-5,7,15H,6H2,1H3. The van der Waals surface area contributed by atoms with Crippen LogP contribution in [0.2, 0.25) is 0 Å². The average Bonchev–Trinajstić information content (AvgIpc) is 2.67. The molecule has 0 aliphatic heterocycles. The molecule has 16 heavy (non-hydrogen) atoms. The molecule has 2 aromatic rings. The Balaban J connectivity index is 2.07. The molecular weight excluding hydrogens is 350 g/mol. The van der Waals surface area contributed by atoms with Crippen LogP contribution >= 0.6 is 43.2 Å². The van der Waals surface area contributed by atoms with Crippen molar-refractivity contribution in [3.63, 3.8) is 0 Å². The minimum Gasteiger partial charge on any atom is -0.381 e. The van der Waals surface area contributed by atoms with Gasteiger partial charge in [0.2, 0.25) is 0 Å². The lowest BCUT2D eigenvalue weighted by Crippen LogP contribution is -1.99. The Kier molecular flexibility index (Phi) is 4.05. The van der Waals surface area contributed by atoms with Crippen LogP contribution in [0.3, 0.4) is 0 Å². The molecule has 1 nitrogen and oxygen atoms in total. The lowest BCUT2D eigenvalue weighted by molar-refractivity contribution is 1.15. The maximum Gasteiger partial charge on any atom is 0.0701 e. The summed E-state index contributed by atoms with van der Waals surface area (Å²) in [5.41, 5.74) is 3.73. The van der Waals surface area contributed by atoms with Crippen LogP contribution in [0.25, 0.3) is 0 Å². The Hall–Kier alpha value is -0.320. The van der Waals surface area contributed by atoms with Gasteiger partial charge in [-0.05, 0) is 57.6 Å². The van der Waals surface area contributed by atoms with Gasteiger partial charge < -0.3 is 5.32 Å². The van der Waals surface area contributed by atoms with Crippen molar-refractivity contribution in [1.29, 1.82) is 0 Å². The first-order valence-corrected chi connectivity index (χ1v) is 7.35. The van der Waals surface area contributed by atoms with Crippen LogP contribution < -0.4 is 5.32 Å². The molecular formula is C12H11Br2NS. The number of benzene rings is 1. The van der Waals surface area contributed by atoms with Crippen LogP contribution in [-0.4, -0.2) is 0 Å². The van der Waals surface area contributed by atoms with Crippen molar-refractivity contribution in [2.75, 3.05) is 5.32 Å². The summed E-state index contributed by atoms with van der Waals surface area (Å²) in [6.07, 6.45) is 0. The van der Waals surface area contributed by atoms with Crippen LogP contribution in [0.5, 0.6) is 0 Å². The first-order chi connectivity index (χ1) is 7.66. The summed E-state index contributed by atoms with van der Waals surface area (Å²) in [5, 5.41) is 5.60. The van der Waals surface area contributed by atoms with Crippen molar-refractivity contribution >= 4 is 48.9 Å². The van der Waals surface area contributed by atoms with Crippen LogP contribution in [0, 0.1) is 6.92 Å². The molecule has 1 heterocycles. The molecule has 0 saturated heterocycles. The van der Waals surface area contributed by atoms with Crippen LogP contribution in [-0.2, 0) is 6.54 Å². The highest BCUT2D eigenvalue weighted by Crippen LogP contribution is 2.25. The van der Waals surface area contributed by atoms with Gasteiger partial charge in [-0.2, -0.15) is 0 Å². The predicted molar refractivity (Wildman–Crippen MR) is 78.2 cm³/mol. The molecule has 0 bridgehead atoms. The van der Waals surface area contributed by atoms with Gasteiger partial charge >= 0.3 is 0 Å². The van der Waals surface area contributed by atoms with Gasteiger partial charge in [-0.25, -0.2) is 0 Å². The maximum atomic E-state index is 3.53. The highest BCUT2D eigenvalue weighted by molar-refractivity contribution is 9.11. The van der Waals surface area contributed by atoms with E-state index in [0.717, 1.165) is 11.0 Å². The summed E-state index contributed by atoms with van der Waals surface area (Å²) >= 11 is 8.71. The molecule has 0 amide bonds. The van der Waals surface area contributed by atoms with E-state index in [1.54, 1.807) is 11.3 Å². The monoisotopic (exact) mass is 359 g/mol. The summed E-state index contributed by atoms with van der Waals surface area (Å²) in [6, 6.07) is 8.34. The van der Waals surface area contributed by atoms with E-state index in [-0.39, 0.29) is 0 Å². The first kappa shape index (κ1) is 12.1. The quantitative estimate of drug-likeness (QED) is 0.793. The van der Waals surface area contributed by atoms with Gasteiger partial charge in [0.05, 0.1) is 3.79 Å². The summed E-state index contributed by atoms with van der Waals surface area (Å²) in [7, 11) is 0. The van der Waals surface area contributed by atoms with E-state index >= 15 is 0 Å². The van der Waals surface area contributed by atoms with Crippen LogP contribution in [0.15, 0.2) is 37.9 Å². The second-order valence-corrected chi connectivity index (χ2v) is 6.67. The Morgan fingerprint density at radius 2 is 2.12 bits per heavy atom. The molecule has 1 aromatic carbocycles. The maximum absolute atomic E-state index is 3.53. The fraction of sp³-hybridized carbons (Fsp3) is 0.167. The number of rotatable bonds is 3. The van der Waals surface area contributed by atoms with Crippen molar-refractivity contribution in [2.45, 2.75) is 13.5 Å². The molecule has 0 aliphatic rings. The molecule has 0 radical (unpaired) electrons.